The number of nitrogens with one attached hydrogen (secondary N) is 1. The van der Waals surface area contributed by atoms with Gasteiger partial charge >= 0.3 is 14.4 Å². The smallest absolute Gasteiger partial charge is 0.325 e. The predicted octanol–water partition coefficient (Wildman–Crippen LogP) is 2.49. The van der Waals surface area contributed by atoms with Crippen molar-refractivity contribution in [2.75, 3.05) is 5.48 Å². The summed E-state index contributed by atoms with van der Waals surface area (Å²) >= 11 is 0. The second-order valence-electron chi connectivity index (χ2n) is 3.95. The first kappa shape index (κ1) is 16.0. The van der Waals surface area contributed by atoms with E-state index in [4.69, 9.17) is 10.2 Å². The molecule has 2 aromatic rings. The molecule has 0 aliphatic heterocycles. The van der Waals surface area contributed by atoms with Gasteiger partial charge in [-0.15, -0.1) is 0 Å². The number of hydrogen-bond acceptors (Lipinski definition) is 5. The summed E-state index contributed by atoms with van der Waals surface area (Å²) in [6, 6.07) is 6.94. The number of hydrogen-bond donors (Lipinski definition) is 2. The fourth-order valence-electron chi connectivity index (χ4n) is 1.59. The molecule has 116 valence electrons. The lowest BCUT2D eigenvalue weighted by Crippen LogP contribution is -2.07. The fraction of sp³-hybridized carbons (Fsp3) is 0.0909. The minimum absolute atomic E-state index is 0.0173. The van der Waals surface area contributed by atoms with Crippen molar-refractivity contribution in [3.8, 4) is 11.8 Å². The van der Waals surface area contributed by atoms with Gasteiger partial charge in [0.2, 0.25) is 0 Å². The third-order valence-corrected chi connectivity index (χ3v) is 2.78. The number of halogens is 3. The molecular formula is C11H8F3N4O3P. The van der Waals surface area contributed by atoms with Crippen molar-refractivity contribution in [1.29, 1.82) is 5.26 Å². The van der Waals surface area contributed by atoms with E-state index in [1.807, 2.05) is 0 Å². The van der Waals surface area contributed by atoms with Gasteiger partial charge in [0, 0.05) is 6.07 Å². The minimum Gasteiger partial charge on any atom is -0.325 e. The number of anilines is 1. The van der Waals surface area contributed by atoms with Crippen molar-refractivity contribution in [3.05, 3.63) is 41.6 Å². The van der Waals surface area contributed by atoms with Gasteiger partial charge in [-0.1, -0.05) is 0 Å². The van der Waals surface area contributed by atoms with Crippen LogP contribution in [0, 0.1) is 11.3 Å². The van der Waals surface area contributed by atoms with E-state index >= 15 is 0 Å². The van der Waals surface area contributed by atoms with Gasteiger partial charge in [0.25, 0.3) is 0 Å². The van der Waals surface area contributed by atoms with E-state index in [1.165, 1.54) is 6.07 Å². The van der Waals surface area contributed by atoms with Gasteiger partial charge in [-0.2, -0.15) is 28.2 Å². The third kappa shape index (κ3) is 3.65. The summed E-state index contributed by atoms with van der Waals surface area (Å²) in [6.45, 7) is 0. The molecule has 1 heterocycles. The Labute approximate surface area is 122 Å². The first-order chi connectivity index (χ1) is 10.3. The average molecular weight is 332 g/mol. The number of aromatic nitrogens is 2. The SMILES string of the molecule is N#Cc1cc(NO[PH](=O)O)n(-c2ccc(C(F)(F)F)cc2)n1. The van der Waals surface area contributed by atoms with Crippen molar-refractivity contribution < 1.29 is 27.3 Å². The topological polar surface area (TPSA) is 100 Å². The summed E-state index contributed by atoms with van der Waals surface area (Å²) in [4.78, 5) is 8.61. The van der Waals surface area contributed by atoms with Crippen LogP contribution in [0.25, 0.3) is 5.69 Å². The Kier molecular flexibility index (Phi) is 4.51. The molecule has 0 amide bonds. The van der Waals surface area contributed by atoms with Crippen LogP contribution in [0.3, 0.4) is 0 Å². The highest BCUT2D eigenvalue weighted by Gasteiger charge is 2.30. The molecule has 0 bridgehead atoms. The van der Waals surface area contributed by atoms with E-state index in [0.717, 1.165) is 28.9 Å². The summed E-state index contributed by atoms with van der Waals surface area (Å²) < 4.78 is 53.5. The van der Waals surface area contributed by atoms with E-state index in [9.17, 15) is 17.7 Å². The van der Waals surface area contributed by atoms with Gasteiger partial charge in [0.05, 0.1) is 11.3 Å². The molecule has 22 heavy (non-hydrogen) atoms. The van der Waals surface area contributed by atoms with Crippen LogP contribution in [-0.4, -0.2) is 14.7 Å². The van der Waals surface area contributed by atoms with Gasteiger partial charge in [0.1, 0.15) is 6.07 Å². The van der Waals surface area contributed by atoms with Crippen molar-refractivity contribution >= 4 is 14.1 Å². The number of nitriles is 1. The molecule has 1 unspecified atom stereocenters. The quantitative estimate of drug-likeness (QED) is 0.659. The molecule has 0 saturated heterocycles. The maximum atomic E-state index is 12.5. The number of nitrogens with zero attached hydrogens (tertiary/aromatic N) is 3. The van der Waals surface area contributed by atoms with Gasteiger partial charge in [-0.25, -0.2) is 10.2 Å². The summed E-state index contributed by atoms with van der Waals surface area (Å²) in [7, 11) is -3.29. The van der Waals surface area contributed by atoms with Gasteiger partial charge in [-0.05, 0) is 24.3 Å². The highest BCUT2D eigenvalue weighted by atomic mass is 31.1. The maximum absolute atomic E-state index is 12.5. The fourth-order valence-corrected chi connectivity index (χ4v) is 1.78. The molecule has 11 heteroatoms. The normalized spacial score (nSPS) is 12.7. The Balaban J connectivity index is 2.37. The minimum atomic E-state index is -4.47. The second-order valence-corrected chi connectivity index (χ2v) is 4.69. The zero-order chi connectivity index (χ0) is 16.3. The van der Waals surface area contributed by atoms with E-state index in [-0.39, 0.29) is 17.2 Å². The predicted molar refractivity (Wildman–Crippen MR) is 69.2 cm³/mol. The van der Waals surface area contributed by atoms with Crippen molar-refractivity contribution in [1.82, 2.24) is 9.78 Å². The molecule has 0 aliphatic rings. The molecule has 0 radical (unpaired) electrons. The Morgan fingerprint density at radius 1 is 1.36 bits per heavy atom. The van der Waals surface area contributed by atoms with Gasteiger partial charge in [-0.3, -0.25) is 4.57 Å². The number of rotatable bonds is 4. The molecule has 1 aromatic carbocycles. The van der Waals surface area contributed by atoms with Crippen LogP contribution >= 0.6 is 8.25 Å². The third-order valence-electron chi connectivity index (χ3n) is 2.51. The van der Waals surface area contributed by atoms with Gasteiger partial charge in [0.15, 0.2) is 11.5 Å². The van der Waals surface area contributed by atoms with Crippen molar-refractivity contribution in [2.45, 2.75) is 6.18 Å². The Bertz CT molecular complexity index is 737. The van der Waals surface area contributed by atoms with E-state index < -0.39 is 20.0 Å². The number of alkyl halides is 3. The van der Waals surface area contributed by atoms with E-state index in [2.05, 4.69) is 15.2 Å². The first-order valence-corrected chi connectivity index (χ1v) is 6.91. The number of benzene rings is 1. The molecule has 0 fully saturated rings. The van der Waals surface area contributed by atoms with Gasteiger partial charge < -0.3 is 4.89 Å². The average Bonchev–Trinajstić information content (AvgIpc) is 2.87. The highest BCUT2D eigenvalue weighted by molar-refractivity contribution is 7.32. The van der Waals surface area contributed by atoms with Crippen LogP contribution in [0.4, 0.5) is 19.0 Å². The van der Waals surface area contributed by atoms with Crippen LogP contribution < -0.4 is 5.48 Å². The van der Waals surface area contributed by atoms with Crippen LogP contribution in [0.1, 0.15) is 11.3 Å². The van der Waals surface area contributed by atoms with Crippen LogP contribution in [-0.2, 0) is 15.4 Å². The summed E-state index contributed by atoms with van der Waals surface area (Å²) in [6.07, 6.45) is -4.47. The molecule has 1 aromatic heterocycles. The van der Waals surface area contributed by atoms with E-state index in [0.29, 0.717) is 0 Å². The first-order valence-electron chi connectivity index (χ1n) is 5.65. The van der Waals surface area contributed by atoms with Crippen molar-refractivity contribution in [3.63, 3.8) is 0 Å². The molecular weight excluding hydrogens is 324 g/mol. The Morgan fingerprint density at radius 3 is 2.50 bits per heavy atom. The molecule has 7 nitrogen and oxygen atoms in total. The summed E-state index contributed by atoms with van der Waals surface area (Å²) in [5.74, 6) is 0.0173. The molecule has 0 saturated carbocycles. The largest absolute Gasteiger partial charge is 0.416 e. The highest BCUT2D eigenvalue weighted by Crippen LogP contribution is 2.30. The molecule has 2 N–H and O–H groups in total. The molecule has 2 rings (SSSR count). The van der Waals surface area contributed by atoms with Crippen molar-refractivity contribution in [2.24, 2.45) is 0 Å². The maximum Gasteiger partial charge on any atom is 0.416 e. The Hall–Kier alpha value is -2.34. The summed E-state index contributed by atoms with van der Waals surface area (Å²) in [5.41, 5.74) is 1.44. The Morgan fingerprint density at radius 2 is 2.00 bits per heavy atom. The van der Waals surface area contributed by atoms with Crippen LogP contribution in [0.2, 0.25) is 0 Å². The standard InChI is InChI=1S/C11H8F3N4O3P/c12-11(13,14)7-1-3-9(4-2-7)18-10(17-21-22(19)20)5-8(6-15)16-18/h1-5,17,22H,(H,19,20). The molecule has 0 aliphatic carbocycles. The molecule has 1 atom stereocenters. The summed E-state index contributed by atoms with van der Waals surface area (Å²) in [5, 5.41) is 12.6. The lowest BCUT2D eigenvalue weighted by atomic mass is 10.2. The van der Waals surface area contributed by atoms with Crippen LogP contribution in [0.5, 0.6) is 0 Å². The van der Waals surface area contributed by atoms with E-state index in [1.54, 1.807) is 6.07 Å². The lowest BCUT2D eigenvalue weighted by molar-refractivity contribution is -0.137. The molecule has 0 spiro atoms. The lowest BCUT2D eigenvalue weighted by Gasteiger charge is -2.10. The van der Waals surface area contributed by atoms with Crippen LogP contribution in [0.15, 0.2) is 30.3 Å². The second kappa shape index (κ2) is 6.19. The zero-order valence-corrected chi connectivity index (χ0v) is 11.6. The zero-order valence-electron chi connectivity index (χ0n) is 10.6. The monoisotopic (exact) mass is 332 g/mol.